The van der Waals surface area contributed by atoms with Crippen molar-refractivity contribution in [1.29, 1.82) is 0 Å². The number of anilines is 1. The highest BCUT2D eigenvalue weighted by molar-refractivity contribution is 9.10. The SMILES string of the molecule is CCC1CCCC(Nc2cc(Br)c(F)cc2C)C1. The van der Waals surface area contributed by atoms with E-state index in [-0.39, 0.29) is 5.82 Å². The highest BCUT2D eigenvalue weighted by Gasteiger charge is 2.21. The van der Waals surface area contributed by atoms with E-state index < -0.39 is 0 Å². The van der Waals surface area contributed by atoms with E-state index in [0.717, 1.165) is 17.2 Å². The van der Waals surface area contributed by atoms with Gasteiger partial charge in [-0.25, -0.2) is 4.39 Å². The molecule has 1 saturated carbocycles. The fourth-order valence-corrected chi connectivity index (χ4v) is 3.16. The van der Waals surface area contributed by atoms with Crippen LogP contribution >= 0.6 is 15.9 Å². The second-order valence-corrected chi connectivity index (χ2v) is 6.22. The molecule has 0 aliphatic heterocycles. The number of benzene rings is 1. The first-order valence-corrected chi connectivity index (χ1v) is 7.61. The summed E-state index contributed by atoms with van der Waals surface area (Å²) in [6.45, 7) is 4.23. The number of halogens is 2. The van der Waals surface area contributed by atoms with Crippen molar-refractivity contribution in [2.24, 2.45) is 5.92 Å². The zero-order chi connectivity index (χ0) is 13.1. The molecule has 100 valence electrons. The van der Waals surface area contributed by atoms with Crippen molar-refractivity contribution in [3.05, 3.63) is 28.0 Å². The predicted molar refractivity (Wildman–Crippen MR) is 78.5 cm³/mol. The summed E-state index contributed by atoms with van der Waals surface area (Å²) in [5.41, 5.74) is 2.04. The third-order valence-electron chi connectivity index (χ3n) is 3.99. The van der Waals surface area contributed by atoms with Crippen LogP contribution in [-0.2, 0) is 0 Å². The molecule has 0 saturated heterocycles. The van der Waals surface area contributed by atoms with E-state index in [1.54, 1.807) is 6.07 Å². The largest absolute Gasteiger partial charge is 0.382 e. The molecule has 0 spiro atoms. The molecule has 1 N–H and O–H groups in total. The molecular weight excluding hydrogens is 293 g/mol. The Morgan fingerprint density at radius 3 is 2.89 bits per heavy atom. The molecule has 1 fully saturated rings. The van der Waals surface area contributed by atoms with Gasteiger partial charge in [-0.2, -0.15) is 0 Å². The Hall–Kier alpha value is -0.570. The summed E-state index contributed by atoms with van der Waals surface area (Å²) in [6, 6.07) is 3.99. The predicted octanol–water partition coefficient (Wildman–Crippen LogP) is 5.28. The molecule has 1 aromatic carbocycles. The fraction of sp³-hybridized carbons (Fsp3) is 0.600. The minimum atomic E-state index is -0.187. The molecule has 2 rings (SSSR count). The lowest BCUT2D eigenvalue weighted by molar-refractivity contribution is 0.327. The maximum absolute atomic E-state index is 13.4. The van der Waals surface area contributed by atoms with Crippen LogP contribution in [-0.4, -0.2) is 6.04 Å². The van der Waals surface area contributed by atoms with Crippen molar-refractivity contribution < 1.29 is 4.39 Å². The van der Waals surface area contributed by atoms with Crippen LogP contribution in [0.2, 0.25) is 0 Å². The van der Waals surface area contributed by atoms with Gasteiger partial charge in [-0.1, -0.05) is 26.2 Å². The summed E-state index contributed by atoms with van der Waals surface area (Å²) in [4.78, 5) is 0. The van der Waals surface area contributed by atoms with Crippen molar-refractivity contribution >= 4 is 21.6 Å². The Kier molecular flexibility index (Phi) is 4.66. The molecule has 1 aromatic rings. The quantitative estimate of drug-likeness (QED) is 0.800. The van der Waals surface area contributed by atoms with E-state index in [0.29, 0.717) is 10.5 Å². The molecule has 1 aliphatic carbocycles. The summed E-state index contributed by atoms with van der Waals surface area (Å²) in [6.07, 6.45) is 6.40. The minimum absolute atomic E-state index is 0.187. The Bertz CT molecular complexity index is 419. The Balaban J connectivity index is 2.07. The molecule has 2 atom stereocenters. The van der Waals surface area contributed by atoms with Gasteiger partial charge in [0.15, 0.2) is 0 Å². The zero-order valence-electron chi connectivity index (χ0n) is 11.1. The van der Waals surface area contributed by atoms with Crippen molar-refractivity contribution in [3.8, 4) is 0 Å². The van der Waals surface area contributed by atoms with Crippen molar-refractivity contribution in [2.75, 3.05) is 5.32 Å². The Morgan fingerprint density at radius 1 is 1.39 bits per heavy atom. The van der Waals surface area contributed by atoms with Gasteiger partial charge in [-0.15, -0.1) is 0 Å². The fourth-order valence-electron chi connectivity index (χ4n) is 2.81. The topological polar surface area (TPSA) is 12.0 Å². The van der Waals surface area contributed by atoms with Gasteiger partial charge in [0.25, 0.3) is 0 Å². The highest BCUT2D eigenvalue weighted by atomic mass is 79.9. The van der Waals surface area contributed by atoms with Crippen LogP contribution in [0.5, 0.6) is 0 Å². The van der Waals surface area contributed by atoms with Crippen LogP contribution in [0.1, 0.15) is 44.6 Å². The molecule has 0 radical (unpaired) electrons. The standard InChI is InChI=1S/C15H21BrFN/c1-3-11-5-4-6-12(8-11)18-15-9-13(16)14(17)7-10(15)2/h7,9,11-12,18H,3-6,8H2,1-2H3. The maximum Gasteiger partial charge on any atom is 0.137 e. The normalized spacial score (nSPS) is 24.0. The van der Waals surface area contributed by atoms with Gasteiger partial charge in [0.2, 0.25) is 0 Å². The van der Waals surface area contributed by atoms with E-state index in [9.17, 15) is 4.39 Å². The van der Waals surface area contributed by atoms with E-state index in [4.69, 9.17) is 0 Å². The summed E-state index contributed by atoms with van der Waals surface area (Å²) in [5.74, 6) is 0.661. The van der Waals surface area contributed by atoms with E-state index >= 15 is 0 Å². The zero-order valence-corrected chi connectivity index (χ0v) is 12.7. The second-order valence-electron chi connectivity index (χ2n) is 5.36. The average Bonchev–Trinajstić information content (AvgIpc) is 2.36. The van der Waals surface area contributed by atoms with Gasteiger partial charge < -0.3 is 5.32 Å². The number of nitrogens with one attached hydrogen (secondary N) is 1. The van der Waals surface area contributed by atoms with Gasteiger partial charge in [0.05, 0.1) is 4.47 Å². The van der Waals surface area contributed by atoms with Crippen LogP contribution in [0.15, 0.2) is 16.6 Å². The number of hydrogen-bond acceptors (Lipinski definition) is 1. The first kappa shape index (κ1) is 13.9. The van der Waals surface area contributed by atoms with Crippen LogP contribution in [0, 0.1) is 18.7 Å². The lowest BCUT2D eigenvalue weighted by atomic mass is 9.84. The average molecular weight is 314 g/mol. The van der Waals surface area contributed by atoms with Gasteiger partial charge in [0, 0.05) is 11.7 Å². The van der Waals surface area contributed by atoms with Gasteiger partial charge in [-0.3, -0.25) is 0 Å². The van der Waals surface area contributed by atoms with Gasteiger partial charge >= 0.3 is 0 Å². The van der Waals surface area contributed by atoms with Crippen LogP contribution < -0.4 is 5.32 Å². The lowest BCUT2D eigenvalue weighted by Crippen LogP contribution is -2.27. The summed E-state index contributed by atoms with van der Waals surface area (Å²) < 4.78 is 13.9. The summed E-state index contributed by atoms with van der Waals surface area (Å²) in [5, 5.41) is 3.58. The molecule has 2 unspecified atom stereocenters. The smallest absolute Gasteiger partial charge is 0.137 e. The number of aryl methyl sites for hydroxylation is 1. The molecule has 0 aromatic heterocycles. The maximum atomic E-state index is 13.4. The molecule has 3 heteroatoms. The monoisotopic (exact) mass is 313 g/mol. The van der Waals surface area contributed by atoms with Crippen LogP contribution in [0.4, 0.5) is 10.1 Å². The first-order chi connectivity index (χ1) is 8.60. The molecule has 0 bridgehead atoms. The van der Waals surface area contributed by atoms with E-state index in [1.165, 1.54) is 32.1 Å². The van der Waals surface area contributed by atoms with E-state index in [2.05, 4.69) is 28.2 Å². The third kappa shape index (κ3) is 3.25. The highest BCUT2D eigenvalue weighted by Crippen LogP contribution is 2.31. The van der Waals surface area contributed by atoms with Crippen LogP contribution in [0.3, 0.4) is 0 Å². The second kappa shape index (κ2) is 6.05. The lowest BCUT2D eigenvalue weighted by Gasteiger charge is -2.30. The first-order valence-electron chi connectivity index (χ1n) is 6.82. The minimum Gasteiger partial charge on any atom is -0.382 e. The Morgan fingerprint density at radius 2 is 2.17 bits per heavy atom. The van der Waals surface area contributed by atoms with Gasteiger partial charge in [0.1, 0.15) is 5.82 Å². The summed E-state index contributed by atoms with van der Waals surface area (Å²) in [7, 11) is 0. The van der Waals surface area contributed by atoms with E-state index in [1.807, 2.05) is 13.0 Å². The van der Waals surface area contributed by atoms with Crippen molar-refractivity contribution in [1.82, 2.24) is 0 Å². The molecule has 0 heterocycles. The van der Waals surface area contributed by atoms with Crippen molar-refractivity contribution in [2.45, 2.75) is 52.0 Å². The number of rotatable bonds is 3. The van der Waals surface area contributed by atoms with Gasteiger partial charge in [-0.05, 0) is 59.3 Å². The molecular formula is C15H21BrFN. The summed E-state index contributed by atoms with van der Waals surface area (Å²) >= 11 is 3.26. The third-order valence-corrected chi connectivity index (χ3v) is 4.59. The molecule has 1 nitrogen and oxygen atoms in total. The number of hydrogen-bond donors (Lipinski definition) is 1. The molecule has 0 amide bonds. The van der Waals surface area contributed by atoms with Crippen LogP contribution in [0.25, 0.3) is 0 Å². The molecule has 18 heavy (non-hydrogen) atoms. The Labute approximate surface area is 117 Å². The molecule has 1 aliphatic rings. The van der Waals surface area contributed by atoms with Crippen molar-refractivity contribution in [3.63, 3.8) is 0 Å².